The maximum absolute atomic E-state index is 14.4. The summed E-state index contributed by atoms with van der Waals surface area (Å²) in [6.07, 6.45) is -3.70. The van der Waals surface area contributed by atoms with Crippen molar-refractivity contribution in [2.75, 3.05) is 6.54 Å². The third-order valence-corrected chi connectivity index (χ3v) is 4.91. The molecule has 1 saturated heterocycles. The van der Waals surface area contributed by atoms with Crippen LogP contribution in [0.25, 0.3) is 22.3 Å². The van der Waals surface area contributed by atoms with E-state index in [1.54, 1.807) is 0 Å². The number of nitrogens with two attached hydrogens (primary N) is 1. The number of rotatable bonds is 3. The fourth-order valence-electron chi connectivity index (χ4n) is 3.40. The summed E-state index contributed by atoms with van der Waals surface area (Å²) in [4.78, 5) is 21.9. The van der Waals surface area contributed by atoms with Gasteiger partial charge in [0.05, 0.1) is 28.0 Å². The molecule has 33 heavy (non-hydrogen) atoms. The van der Waals surface area contributed by atoms with E-state index >= 15 is 0 Å². The Kier molecular flexibility index (Phi) is 5.47. The molecule has 13 heteroatoms. The van der Waals surface area contributed by atoms with Crippen LogP contribution in [0.4, 0.5) is 22.0 Å². The fourth-order valence-corrected chi connectivity index (χ4v) is 3.40. The van der Waals surface area contributed by atoms with Gasteiger partial charge in [-0.3, -0.25) is 15.2 Å². The quantitative estimate of drug-likeness (QED) is 0.269. The molecule has 1 unspecified atom stereocenters. The van der Waals surface area contributed by atoms with E-state index in [2.05, 4.69) is 20.3 Å². The Balaban J connectivity index is 1.78. The van der Waals surface area contributed by atoms with Gasteiger partial charge >= 0.3 is 6.18 Å². The summed E-state index contributed by atoms with van der Waals surface area (Å²) in [7, 11) is 0. The first kappa shape index (κ1) is 22.2. The van der Waals surface area contributed by atoms with Gasteiger partial charge in [0, 0.05) is 24.2 Å². The van der Waals surface area contributed by atoms with E-state index in [4.69, 9.17) is 15.9 Å². The molecule has 1 fully saturated rings. The van der Waals surface area contributed by atoms with Gasteiger partial charge < -0.3 is 20.8 Å². The van der Waals surface area contributed by atoms with Crippen LogP contribution in [-0.2, 0) is 15.7 Å². The lowest BCUT2D eigenvalue weighted by Gasteiger charge is -2.10. The molecule has 172 valence electrons. The SMILES string of the molecule is N=C(OC(N)=NC1CCNC1=O)c1c(-c2ccc(C(F)(F)F)cn2)[nH]c2c(F)cc(F)cc12. The lowest BCUT2D eigenvalue weighted by atomic mass is 10.1. The van der Waals surface area contributed by atoms with Gasteiger partial charge in [-0.05, 0) is 24.6 Å². The summed E-state index contributed by atoms with van der Waals surface area (Å²) < 4.78 is 72.1. The molecule has 1 atom stereocenters. The summed E-state index contributed by atoms with van der Waals surface area (Å²) in [6, 6.07) is 1.94. The molecule has 8 nitrogen and oxygen atoms in total. The van der Waals surface area contributed by atoms with Gasteiger partial charge in [-0.1, -0.05) is 0 Å². The van der Waals surface area contributed by atoms with Crippen molar-refractivity contribution in [3.8, 4) is 11.4 Å². The number of amidine groups is 1. The monoisotopic (exact) mass is 466 g/mol. The summed E-state index contributed by atoms with van der Waals surface area (Å²) >= 11 is 0. The second-order valence-corrected chi connectivity index (χ2v) is 7.11. The number of alkyl halides is 3. The second-order valence-electron chi connectivity index (χ2n) is 7.11. The number of hydrogen-bond donors (Lipinski definition) is 4. The van der Waals surface area contributed by atoms with Gasteiger partial charge in [-0.2, -0.15) is 13.2 Å². The topological polar surface area (TPSA) is 129 Å². The molecular weight excluding hydrogens is 451 g/mol. The number of ether oxygens (including phenoxy) is 1. The van der Waals surface area contributed by atoms with Crippen LogP contribution in [0.5, 0.6) is 0 Å². The lowest BCUT2D eigenvalue weighted by Crippen LogP contribution is -2.27. The zero-order valence-corrected chi connectivity index (χ0v) is 16.6. The molecule has 1 aromatic carbocycles. The number of pyridine rings is 1. The minimum Gasteiger partial charge on any atom is -0.407 e. The summed E-state index contributed by atoms with van der Waals surface area (Å²) in [5.74, 6) is -3.03. The van der Waals surface area contributed by atoms with Crippen molar-refractivity contribution in [3.63, 3.8) is 0 Å². The number of aromatic nitrogens is 2. The highest BCUT2D eigenvalue weighted by Crippen LogP contribution is 2.34. The molecule has 5 N–H and O–H groups in total. The van der Waals surface area contributed by atoms with E-state index in [0.717, 1.165) is 18.2 Å². The van der Waals surface area contributed by atoms with Crippen molar-refractivity contribution in [1.29, 1.82) is 5.41 Å². The number of aromatic amines is 1. The zero-order chi connectivity index (χ0) is 23.9. The number of nitrogens with zero attached hydrogens (tertiary/aromatic N) is 2. The number of carbonyl (C=O) groups is 1. The summed E-state index contributed by atoms with van der Waals surface area (Å²) in [5.41, 5.74) is 4.06. The van der Waals surface area contributed by atoms with Gasteiger partial charge in [-0.15, -0.1) is 0 Å². The maximum atomic E-state index is 14.4. The Bertz CT molecular complexity index is 1280. The summed E-state index contributed by atoms with van der Waals surface area (Å²) in [6.45, 7) is 0.391. The third-order valence-electron chi connectivity index (χ3n) is 4.91. The van der Waals surface area contributed by atoms with E-state index < -0.39 is 41.3 Å². The number of carbonyl (C=O) groups excluding carboxylic acids is 1. The highest BCUT2D eigenvalue weighted by Gasteiger charge is 2.31. The molecule has 0 saturated carbocycles. The molecule has 1 aliphatic heterocycles. The molecule has 4 rings (SSSR count). The van der Waals surface area contributed by atoms with Gasteiger partial charge in [0.1, 0.15) is 17.7 Å². The predicted molar refractivity (Wildman–Crippen MR) is 107 cm³/mol. The number of H-pyrrole nitrogens is 1. The first-order valence-electron chi connectivity index (χ1n) is 9.46. The number of fused-ring (bicyclic) bond motifs is 1. The average molecular weight is 466 g/mol. The van der Waals surface area contributed by atoms with Crippen LogP contribution in [-0.4, -0.2) is 40.4 Å². The van der Waals surface area contributed by atoms with Crippen molar-refractivity contribution in [3.05, 3.63) is 53.2 Å². The molecule has 0 spiro atoms. The van der Waals surface area contributed by atoms with Crippen LogP contribution in [0.1, 0.15) is 17.5 Å². The Labute approximate surface area is 182 Å². The minimum absolute atomic E-state index is 0.0898. The van der Waals surface area contributed by atoms with Crippen molar-refractivity contribution < 1.29 is 31.5 Å². The van der Waals surface area contributed by atoms with Crippen LogP contribution in [0, 0.1) is 17.0 Å². The van der Waals surface area contributed by atoms with Crippen molar-refractivity contribution in [2.24, 2.45) is 10.7 Å². The number of hydrogen-bond acceptors (Lipinski definition) is 5. The first-order valence-corrected chi connectivity index (χ1v) is 9.46. The van der Waals surface area contributed by atoms with E-state index in [0.29, 0.717) is 25.2 Å². The Morgan fingerprint density at radius 1 is 1.27 bits per heavy atom. The normalized spacial score (nSPS) is 16.8. The molecule has 0 aliphatic carbocycles. The second kappa shape index (κ2) is 8.15. The number of amides is 1. The van der Waals surface area contributed by atoms with Crippen LogP contribution in [0.3, 0.4) is 0 Å². The molecular formula is C20H15F5N6O2. The molecule has 1 amide bonds. The third kappa shape index (κ3) is 4.33. The van der Waals surface area contributed by atoms with Gasteiger partial charge in [0.15, 0.2) is 0 Å². The standard InChI is InChI=1S/C20H15F5N6O2/c21-9-5-10-14(17(26)33-19(27)30-13-3-4-28-18(13)32)16(31-15(10)11(22)6-9)12-2-1-8(7-29-12)20(23,24)25/h1-2,5-7,13,26,31H,3-4H2,(H2,27,30)(H,28,32). The van der Waals surface area contributed by atoms with E-state index in [9.17, 15) is 26.7 Å². The molecule has 2 aromatic heterocycles. The minimum atomic E-state index is -4.63. The van der Waals surface area contributed by atoms with E-state index in [1.807, 2.05) is 0 Å². The Morgan fingerprint density at radius 3 is 2.64 bits per heavy atom. The largest absolute Gasteiger partial charge is 0.417 e. The van der Waals surface area contributed by atoms with E-state index in [1.165, 1.54) is 0 Å². The first-order chi connectivity index (χ1) is 15.5. The Morgan fingerprint density at radius 2 is 2.03 bits per heavy atom. The molecule has 0 radical (unpaired) electrons. The van der Waals surface area contributed by atoms with Crippen molar-refractivity contribution in [2.45, 2.75) is 18.6 Å². The van der Waals surface area contributed by atoms with Crippen LogP contribution in [0.15, 0.2) is 35.5 Å². The van der Waals surface area contributed by atoms with Crippen LogP contribution < -0.4 is 11.1 Å². The average Bonchev–Trinajstić information content (AvgIpc) is 3.31. The molecule has 3 heterocycles. The van der Waals surface area contributed by atoms with Crippen molar-refractivity contribution >= 4 is 28.7 Å². The van der Waals surface area contributed by atoms with Gasteiger partial charge in [-0.25, -0.2) is 13.8 Å². The molecule has 1 aliphatic rings. The predicted octanol–water partition coefficient (Wildman–Crippen LogP) is 3.07. The molecule has 0 bridgehead atoms. The molecule has 3 aromatic rings. The van der Waals surface area contributed by atoms with Crippen molar-refractivity contribution in [1.82, 2.24) is 15.3 Å². The fraction of sp³-hybridized carbons (Fsp3) is 0.200. The zero-order valence-electron chi connectivity index (χ0n) is 16.6. The summed E-state index contributed by atoms with van der Waals surface area (Å²) in [5, 5.41) is 10.7. The highest BCUT2D eigenvalue weighted by molar-refractivity contribution is 6.13. The van der Waals surface area contributed by atoms with Gasteiger partial charge in [0.25, 0.3) is 6.02 Å². The number of halogens is 5. The van der Waals surface area contributed by atoms with Crippen LogP contribution in [0.2, 0.25) is 0 Å². The smallest absolute Gasteiger partial charge is 0.407 e. The van der Waals surface area contributed by atoms with Gasteiger partial charge in [0.2, 0.25) is 11.8 Å². The maximum Gasteiger partial charge on any atom is 0.417 e. The van der Waals surface area contributed by atoms with E-state index in [-0.39, 0.29) is 33.8 Å². The number of benzene rings is 1. The van der Waals surface area contributed by atoms with Crippen LogP contribution >= 0.6 is 0 Å². The number of aliphatic imine (C=N–C) groups is 1. The lowest BCUT2D eigenvalue weighted by molar-refractivity contribution is -0.137. The highest BCUT2D eigenvalue weighted by atomic mass is 19.4. The Hall–Kier alpha value is -4.03. The number of nitrogens with one attached hydrogen (secondary N) is 3.